The van der Waals surface area contributed by atoms with Gasteiger partial charge in [-0.15, -0.1) is 0 Å². The fraction of sp³-hybridized carbons (Fsp3) is 0.231. The molecule has 10 heteroatoms. The van der Waals surface area contributed by atoms with E-state index in [4.69, 9.17) is 4.42 Å². The van der Waals surface area contributed by atoms with Crippen LogP contribution in [0.25, 0.3) is 21.9 Å². The number of anilines is 2. The van der Waals surface area contributed by atoms with Crippen molar-refractivity contribution in [3.05, 3.63) is 66.7 Å². The van der Waals surface area contributed by atoms with E-state index in [1.54, 1.807) is 36.4 Å². The van der Waals surface area contributed by atoms with Crippen LogP contribution in [0.3, 0.4) is 0 Å². The predicted octanol–water partition coefficient (Wildman–Crippen LogP) is 4.57. The Morgan fingerprint density at radius 2 is 1.69 bits per heavy atom. The van der Waals surface area contributed by atoms with Crippen LogP contribution in [0.5, 0.6) is 5.75 Å². The number of nitrogens with zero attached hydrogens (tertiary/aromatic N) is 2. The van der Waals surface area contributed by atoms with Gasteiger partial charge in [0.25, 0.3) is 0 Å². The zero-order valence-corrected chi connectivity index (χ0v) is 20.3. The van der Waals surface area contributed by atoms with E-state index < -0.39 is 23.3 Å². The predicted molar refractivity (Wildman–Crippen MR) is 137 cm³/mol. The molecule has 0 bridgehead atoms. The summed E-state index contributed by atoms with van der Waals surface area (Å²) in [5, 5.41) is 21.4. The Hall–Kier alpha value is -3.89. The summed E-state index contributed by atoms with van der Waals surface area (Å²) >= 11 is -2.85. The summed E-state index contributed by atoms with van der Waals surface area (Å²) in [6, 6.07) is 17.2. The number of carboxylic acid groups (broad SMARTS) is 1. The number of para-hydroxylation sites is 3. The Kier molecular flexibility index (Phi) is 7.56. The van der Waals surface area contributed by atoms with Gasteiger partial charge in [0.05, 0.1) is 11.4 Å². The number of hydrogen-bond acceptors (Lipinski definition) is 6. The molecule has 0 aliphatic heterocycles. The van der Waals surface area contributed by atoms with Crippen LogP contribution < -0.4 is 9.21 Å². The van der Waals surface area contributed by atoms with Gasteiger partial charge in [0.1, 0.15) is 23.0 Å². The highest BCUT2D eigenvalue weighted by Crippen LogP contribution is 2.33. The van der Waals surface area contributed by atoms with Gasteiger partial charge in [-0.05, 0) is 55.7 Å². The van der Waals surface area contributed by atoms with Crippen LogP contribution >= 0.6 is 0 Å². The summed E-state index contributed by atoms with van der Waals surface area (Å²) in [4.78, 5) is 25.6. The summed E-state index contributed by atoms with van der Waals surface area (Å²) in [6.07, 6.45) is 0.765. The number of amides is 1. The largest absolute Gasteiger partial charge is 0.755 e. The number of carbonyl (C=O) groups is 2. The SMILES string of the molecule is CC(=O)N(CCCCC(C(=O)O)N(c1ccc2oc3ccccc3c2c1)S(=O)[O-])c1ccccc1O. The number of hydrogen-bond donors (Lipinski definition) is 2. The Morgan fingerprint density at radius 1 is 1.00 bits per heavy atom. The smallest absolute Gasteiger partial charge is 0.327 e. The van der Waals surface area contributed by atoms with Gasteiger partial charge in [0, 0.05) is 35.5 Å². The summed E-state index contributed by atoms with van der Waals surface area (Å²) in [6.45, 7) is 1.62. The molecule has 1 amide bonds. The number of phenols is 1. The molecule has 4 aromatic rings. The van der Waals surface area contributed by atoms with Crippen molar-refractivity contribution >= 4 is 56.5 Å². The van der Waals surface area contributed by atoms with Crippen molar-refractivity contribution in [2.45, 2.75) is 32.2 Å². The molecule has 0 radical (unpaired) electrons. The first-order chi connectivity index (χ1) is 17.3. The average Bonchev–Trinajstić information content (AvgIpc) is 3.21. The lowest BCUT2D eigenvalue weighted by atomic mass is 10.1. The van der Waals surface area contributed by atoms with E-state index in [-0.39, 0.29) is 30.3 Å². The van der Waals surface area contributed by atoms with Crippen LogP contribution in [0.1, 0.15) is 26.2 Å². The van der Waals surface area contributed by atoms with Crippen molar-refractivity contribution in [2.24, 2.45) is 0 Å². The quantitative estimate of drug-likeness (QED) is 0.236. The lowest BCUT2D eigenvalue weighted by molar-refractivity contribution is -0.138. The Labute approximate surface area is 210 Å². The van der Waals surface area contributed by atoms with Crippen molar-refractivity contribution in [3.8, 4) is 5.75 Å². The second kappa shape index (κ2) is 10.8. The molecule has 0 aliphatic carbocycles. The minimum Gasteiger partial charge on any atom is -0.755 e. The van der Waals surface area contributed by atoms with E-state index in [0.717, 1.165) is 9.69 Å². The fourth-order valence-electron chi connectivity index (χ4n) is 4.31. The first-order valence-electron chi connectivity index (χ1n) is 11.4. The van der Waals surface area contributed by atoms with Gasteiger partial charge < -0.3 is 24.1 Å². The molecule has 0 saturated carbocycles. The normalized spacial score (nSPS) is 12.9. The highest BCUT2D eigenvalue weighted by molar-refractivity contribution is 7.80. The van der Waals surface area contributed by atoms with Crippen LogP contribution in [0.2, 0.25) is 0 Å². The van der Waals surface area contributed by atoms with Gasteiger partial charge >= 0.3 is 5.97 Å². The number of aliphatic carboxylic acids is 1. The fourth-order valence-corrected chi connectivity index (χ4v) is 5.00. The van der Waals surface area contributed by atoms with Crippen molar-refractivity contribution in [3.63, 3.8) is 0 Å². The summed E-state index contributed by atoms with van der Waals surface area (Å²) in [7, 11) is 0. The maximum atomic E-state index is 12.2. The number of unbranched alkanes of at least 4 members (excludes halogenated alkanes) is 1. The molecule has 36 heavy (non-hydrogen) atoms. The Morgan fingerprint density at radius 3 is 2.39 bits per heavy atom. The number of phenolic OH excluding ortho intramolecular Hbond substituents is 1. The first kappa shape index (κ1) is 25.2. The molecular weight excluding hydrogens is 484 g/mol. The molecule has 2 N–H and O–H groups in total. The van der Waals surface area contributed by atoms with Crippen LogP contribution in [-0.2, 0) is 20.9 Å². The maximum Gasteiger partial charge on any atom is 0.327 e. The average molecular weight is 510 g/mol. The van der Waals surface area contributed by atoms with Crippen LogP contribution in [0, 0.1) is 0 Å². The van der Waals surface area contributed by atoms with Crippen molar-refractivity contribution in [1.82, 2.24) is 0 Å². The molecule has 9 nitrogen and oxygen atoms in total. The third-order valence-corrected chi connectivity index (χ3v) is 6.79. The van der Waals surface area contributed by atoms with Gasteiger partial charge in [-0.25, -0.2) is 4.79 Å². The number of fused-ring (bicyclic) bond motifs is 3. The third-order valence-electron chi connectivity index (χ3n) is 6.01. The maximum absolute atomic E-state index is 12.2. The molecule has 4 rings (SSSR count). The lowest BCUT2D eigenvalue weighted by Crippen LogP contribution is -2.42. The van der Waals surface area contributed by atoms with Gasteiger partial charge in [0.2, 0.25) is 5.91 Å². The van der Waals surface area contributed by atoms with Crippen LogP contribution in [-0.4, -0.2) is 43.4 Å². The van der Waals surface area contributed by atoms with Crippen LogP contribution in [0.4, 0.5) is 11.4 Å². The van der Waals surface area contributed by atoms with Gasteiger partial charge in [-0.1, -0.05) is 30.3 Å². The number of furan rings is 1. The van der Waals surface area contributed by atoms with E-state index in [2.05, 4.69) is 0 Å². The van der Waals surface area contributed by atoms with Gasteiger partial charge in [0.15, 0.2) is 0 Å². The number of benzene rings is 3. The van der Waals surface area contributed by atoms with Gasteiger partial charge in [-0.2, -0.15) is 0 Å². The van der Waals surface area contributed by atoms with Crippen molar-refractivity contribution < 1.29 is 33.0 Å². The molecule has 0 fully saturated rings. The van der Waals surface area contributed by atoms with E-state index in [1.807, 2.05) is 18.2 Å². The van der Waals surface area contributed by atoms with Gasteiger partial charge in [-0.3, -0.25) is 13.3 Å². The number of carbonyl (C=O) groups excluding carboxylic acids is 1. The highest BCUT2D eigenvalue weighted by atomic mass is 32.2. The summed E-state index contributed by atoms with van der Waals surface area (Å²) in [5.41, 5.74) is 1.79. The molecular formula is C26H25N2O7S-. The zero-order valence-electron chi connectivity index (χ0n) is 19.5. The summed E-state index contributed by atoms with van der Waals surface area (Å²) < 4.78 is 31.0. The molecule has 0 aliphatic rings. The second-order valence-corrected chi connectivity index (χ2v) is 9.16. The molecule has 3 aromatic carbocycles. The Bertz CT molecular complexity index is 1430. The van der Waals surface area contributed by atoms with E-state index in [0.29, 0.717) is 35.1 Å². The number of carboxylic acids is 1. The highest BCUT2D eigenvalue weighted by Gasteiger charge is 2.27. The van der Waals surface area contributed by atoms with Crippen molar-refractivity contribution in [1.29, 1.82) is 0 Å². The second-order valence-electron chi connectivity index (χ2n) is 8.33. The minimum absolute atomic E-state index is 0.0278. The third kappa shape index (κ3) is 5.19. The van der Waals surface area contributed by atoms with E-state index >= 15 is 0 Å². The topological polar surface area (TPSA) is 134 Å². The zero-order chi connectivity index (χ0) is 25.8. The lowest BCUT2D eigenvalue weighted by Gasteiger charge is -2.32. The molecule has 0 saturated heterocycles. The molecule has 2 unspecified atom stereocenters. The molecule has 188 valence electrons. The minimum atomic E-state index is -2.85. The molecule has 1 aromatic heterocycles. The van der Waals surface area contributed by atoms with Crippen molar-refractivity contribution in [2.75, 3.05) is 15.7 Å². The first-order valence-corrected chi connectivity index (χ1v) is 12.4. The molecule has 1 heterocycles. The van der Waals surface area contributed by atoms with E-state index in [1.165, 1.54) is 24.0 Å². The molecule has 0 spiro atoms. The summed E-state index contributed by atoms with van der Waals surface area (Å²) in [5.74, 6) is -1.58. The number of aromatic hydroxyl groups is 1. The van der Waals surface area contributed by atoms with Crippen LogP contribution in [0.15, 0.2) is 71.1 Å². The number of rotatable bonds is 10. The standard InChI is InChI=1S/C26H26N2O7S/c1-17(29)27(21-9-3-4-11-23(21)30)15-7-6-10-22(26(31)32)28(36(33)34)18-13-14-25-20(16-18)19-8-2-5-12-24(19)35-25/h2-5,8-9,11-14,16,22,30H,6-7,10,15H2,1H3,(H,31,32)(H,33,34)/p-1. The molecule has 2 atom stereocenters. The van der Waals surface area contributed by atoms with E-state index in [9.17, 15) is 28.6 Å². The monoisotopic (exact) mass is 509 g/mol. The Balaban J connectivity index is 1.52.